The number of carbonyl (C=O) groups is 1. The number of likely N-dealkylation sites (N-methyl/N-ethyl adjacent to an activating group) is 1. The van der Waals surface area contributed by atoms with Gasteiger partial charge in [-0.05, 0) is 133 Å². The van der Waals surface area contributed by atoms with Gasteiger partial charge < -0.3 is 19.5 Å². The van der Waals surface area contributed by atoms with Crippen LogP contribution in [0.1, 0.15) is 105 Å². The minimum Gasteiger partial charge on any atom is -0.443 e. The molecule has 338 valence electrons. The lowest BCUT2D eigenvalue weighted by molar-refractivity contribution is 0.0356. The fraction of sp³-hybridized carbons (Fsp3) is 0.431. The van der Waals surface area contributed by atoms with Crippen LogP contribution in [-0.2, 0) is 36.8 Å². The average molecular weight is 896 g/mol. The van der Waals surface area contributed by atoms with Crippen molar-refractivity contribution in [3.63, 3.8) is 0 Å². The molecule has 3 N–H and O–H groups in total. The van der Waals surface area contributed by atoms with E-state index in [1.165, 1.54) is 21.9 Å². The molecule has 0 saturated heterocycles. The van der Waals surface area contributed by atoms with Crippen molar-refractivity contribution in [3.05, 3.63) is 131 Å². The number of fused-ring (bicyclic) bond motifs is 4. The van der Waals surface area contributed by atoms with Gasteiger partial charge in [-0.25, -0.2) is 9.00 Å². The summed E-state index contributed by atoms with van der Waals surface area (Å²) >= 11 is -1.79. The van der Waals surface area contributed by atoms with Crippen molar-refractivity contribution < 1.29 is 31.3 Å². The number of carbonyl (C=O) groups excluding carboxylic acids is 1. The average Bonchev–Trinajstić information content (AvgIpc) is 3.70. The lowest BCUT2D eigenvalue weighted by atomic mass is 9.77. The summed E-state index contributed by atoms with van der Waals surface area (Å²) in [4.78, 5) is 17.7. The van der Waals surface area contributed by atoms with Crippen molar-refractivity contribution in [2.24, 2.45) is 0 Å². The van der Waals surface area contributed by atoms with Crippen molar-refractivity contribution >= 4 is 60.2 Å². The second-order valence-electron chi connectivity index (χ2n) is 19.0. The van der Waals surface area contributed by atoms with Gasteiger partial charge in [-0.15, -0.1) is 0 Å². The van der Waals surface area contributed by atoms with E-state index in [0.29, 0.717) is 32.4 Å². The van der Waals surface area contributed by atoms with Crippen molar-refractivity contribution in [1.29, 1.82) is 0 Å². The number of rotatable bonds is 17. The molecular formula is C51H65N3O7S2. The monoisotopic (exact) mass is 895 g/mol. The summed E-state index contributed by atoms with van der Waals surface area (Å²) in [7, 11) is -2.29. The summed E-state index contributed by atoms with van der Waals surface area (Å²) in [6, 6.07) is 25.4. The van der Waals surface area contributed by atoms with E-state index in [1.807, 2.05) is 26.8 Å². The number of anilines is 2. The van der Waals surface area contributed by atoms with E-state index in [-0.39, 0.29) is 16.9 Å². The Balaban J connectivity index is 1.36. The number of hydrogen-bond donors (Lipinski definition) is 3. The van der Waals surface area contributed by atoms with Crippen molar-refractivity contribution in [3.8, 4) is 0 Å². The standard InChI is InChI=1S/C51H65N3O7S2/c1-49(2,3)61-48(55)53(8)47-38(20-17-31-50(4,5)45-40-21-11-9-18-36(40)25-28-42(45)52-32-13-15-34-62(56)57)23-24-39(47)27-30-44-51(6,7)46-41-22-12-10-19-37(41)26-29-43(46)54(44)33-14-16-35-63(58,59)60/h9-12,17-22,25-30,52H,13-16,23-24,31-35H2,1-8H3,(H,56,57)(H,58,59,60)/b20-17+,39-27+,44-30+. The molecule has 4 aromatic rings. The predicted molar refractivity (Wildman–Crippen MR) is 260 cm³/mol. The van der Waals surface area contributed by atoms with Crippen LogP contribution >= 0.6 is 0 Å². The maximum absolute atomic E-state index is 13.8. The lowest BCUT2D eigenvalue weighted by Crippen LogP contribution is -2.34. The first-order valence-corrected chi connectivity index (χ1v) is 24.9. The van der Waals surface area contributed by atoms with Crippen molar-refractivity contribution in [2.45, 2.75) is 110 Å². The highest BCUT2D eigenvalue weighted by Crippen LogP contribution is 2.51. The molecule has 12 heteroatoms. The SMILES string of the molecule is CN(C(=O)OC(C)(C)C)C1=C(/C=C/CC(C)(C)c2c(NCCCCS(=O)O)ccc3ccccc23)CC/C1=C\C=C1\N(CCCCS(=O)(=O)O)c2ccc3ccccc3c2C1(C)C. The first-order valence-electron chi connectivity index (χ1n) is 22.0. The minimum atomic E-state index is -4.07. The van der Waals surface area contributed by atoms with Crippen molar-refractivity contribution in [1.82, 2.24) is 4.90 Å². The molecular weight excluding hydrogens is 831 g/mol. The van der Waals surface area contributed by atoms with Crippen LogP contribution in [0.2, 0.25) is 0 Å². The van der Waals surface area contributed by atoms with E-state index in [4.69, 9.17) is 4.74 Å². The Morgan fingerprint density at radius 2 is 1.57 bits per heavy atom. The number of allylic oxidation sites excluding steroid dienone is 7. The van der Waals surface area contributed by atoms with Gasteiger partial charge in [0.1, 0.15) is 5.60 Å². The van der Waals surface area contributed by atoms with E-state index in [1.54, 1.807) is 11.9 Å². The fourth-order valence-electron chi connectivity index (χ4n) is 9.22. The first-order chi connectivity index (χ1) is 29.7. The molecule has 63 heavy (non-hydrogen) atoms. The molecule has 0 spiro atoms. The van der Waals surface area contributed by atoms with Gasteiger partial charge in [0.2, 0.25) is 0 Å². The largest absolute Gasteiger partial charge is 0.443 e. The summed E-state index contributed by atoms with van der Waals surface area (Å²) in [5.74, 6) is -0.0183. The van der Waals surface area contributed by atoms with E-state index in [2.05, 4.69) is 129 Å². The maximum atomic E-state index is 13.8. The second kappa shape index (κ2) is 19.6. The van der Waals surface area contributed by atoms with Crippen LogP contribution < -0.4 is 10.2 Å². The normalized spacial score (nSPS) is 17.4. The zero-order valence-electron chi connectivity index (χ0n) is 38.2. The van der Waals surface area contributed by atoms with Crippen LogP contribution in [-0.4, -0.2) is 70.0 Å². The van der Waals surface area contributed by atoms with Gasteiger partial charge in [0.15, 0.2) is 11.1 Å². The molecule has 0 saturated carbocycles. The number of ether oxygens (including phenoxy) is 1. The summed E-state index contributed by atoms with van der Waals surface area (Å²) in [6.45, 7) is 15.8. The van der Waals surface area contributed by atoms with Crippen LogP contribution in [0.5, 0.6) is 0 Å². The highest BCUT2D eigenvalue weighted by molar-refractivity contribution is 7.85. The number of hydrogen-bond acceptors (Lipinski definition) is 7. The Hall–Kier alpha value is -4.75. The number of nitrogens with one attached hydrogen (secondary N) is 1. The third-order valence-corrected chi connectivity index (χ3v) is 13.6. The topological polar surface area (TPSA) is 136 Å². The Bertz CT molecular complexity index is 2600. The third kappa shape index (κ3) is 11.5. The molecule has 0 bridgehead atoms. The quantitative estimate of drug-likeness (QED) is 0.0537. The summed E-state index contributed by atoms with van der Waals surface area (Å²) in [5.41, 5.74) is 7.14. The van der Waals surface area contributed by atoms with Gasteiger partial charge in [0.25, 0.3) is 10.1 Å². The highest BCUT2D eigenvalue weighted by Gasteiger charge is 2.41. The summed E-state index contributed by atoms with van der Waals surface area (Å²) in [5, 5.41) is 8.29. The molecule has 1 aliphatic carbocycles. The van der Waals surface area contributed by atoms with Crippen LogP contribution in [0.4, 0.5) is 16.2 Å². The van der Waals surface area contributed by atoms with Gasteiger partial charge in [-0.1, -0.05) is 107 Å². The van der Waals surface area contributed by atoms with Crippen LogP contribution in [0.3, 0.4) is 0 Å². The Labute approximate surface area is 377 Å². The van der Waals surface area contributed by atoms with Gasteiger partial charge in [-0.3, -0.25) is 9.45 Å². The molecule has 4 aromatic carbocycles. The molecule has 1 unspecified atom stereocenters. The smallest absolute Gasteiger partial charge is 0.414 e. The number of amides is 1. The lowest BCUT2D eigenvalue weighted by Gasteiger charge is -2.29. The van der Waals surface area contributed by atoms with E-state index in [0.717, 1.165) is 70.4 Å². The number of unbranched alkanes of at least 4 members (excludes halogenated alkanes) is 2. The Morgan fingerprint density at radius 3 is 2.25 bits per heavy atom. The summed E-state index contributed by atoms with van der Waals surface area (Å²) < 4.78 is 59.0. The Kier molecular flexibility index (Phi) is 14.8. The molecule has 6 rings (SSSR count). The molecule has 1 aliphatic heterocycles. The molecule has 0 radical (unpaired) electrons. The van der Waals surface area contributed by atoms with Gasteiger partial charge in [0, 0.05) is 48.4 Å². The minimum absolute atomic E-state index is 0.266. The zero-order valence-corrected chi connectivity index (χ0v) is 39.8. The van der Waals surface area contributed by atoms with Gasteiger partial charge >= 0.3 is 6.09 Å². The molecule has 1 heterocycles. The molecule has 2 aliphatic rings. The number of benzene rings is 4. The highest BCUT2D eigenvalue weighted by atomic mass is 32.2. The first kappa shape index (κ1) is 47.7. The zero-order chi connectivity index (χ0) is 45.7. The maximum Gasteiger partial charge on any atom is 0.414 e. The summed E-state index contributed by atoms with van der Waals surface area (Å²) in [6.07, 6.45) is 12.8. The van der Waals surface area contributed by atoms with Gasteiger partial charge in [0.05, 0.1) is 11.4 Å². The molecule has 0 aromatic heterocycles. The van der Waals surface area contributed by atoms with Crippen LogP contribution in [0.15, 0.2) is 120 Å². The van der Waals surface area contributed by atoms with E-state index < -0.39 is 38.3 Å². The third-order valence-electron chi connectivity index (χ3n) is 12.1. The fourth-order valence-corrected chi connectivity index (χ4v) is 10.2. The van der Waals surface area contributed by atoms with Crippen LogP contribution in [0.25, 0.3) is 21.5 Å². The molecule has 1 atom stereocenters. The Morgan fingerprint density at radius 1 is 0.905 bits per heavy atom. The van der Waals surface area contributed by atoms with E-state index >= 15 is 0 Å². The molecule has 1 amide bonds. The van der Waals surface area contributed by atoms with Crippen molar-refractivity contribution in [2.75, 3.05) is 41.9 Å². The van der Waals surface area contributed by atoms with Crippen LogP contribution in [0, 0.1) is 0 Å². The van der Waals surface area contributed by atoms with Gasteiger partial charge in [-0.2, -0.15) is 8.42 Å². The number of nitrogens with zero attached hydrogens (tertiary/aromatic N) is 2. The second-order valence-corrected chi connectivity index (χ2v) is 21.6. The molecule has 10 nitrogen and oxygen atoms in total. The van der Waals surface area contributed by atoms with E-state index in [9.17, 15) is 26.5 Å². The predicted octanol–water partition coefficient (Wildman–Crippen LogP) is 11.8. The molecule has 0 fully saturated rings.